The zero-order chi connectivity index (χ0) is 19.1. The van der Waals surface area contributed by atoms with Gasteiger partial charge in [-0.15, -0.1) is 11.3 Å². The number of carbonyl (C=O) groups is 3. The van der Waals surface area contributed by atoms with Crippen LogP contribution in [0.1, 0.15) is 41.3 Å². The predicted octanol–water partition coefficient (Wildman–Crippen LogP) is 3.46. The third kappa shape index (κ3) is 5.26. The smallest absolute Gasteiger partial charge is 0.307 e. The predicted molar refractivity (Wildman–Crippen MR) is 98.0 cm³/mol. The Morgan fingerprint density at radius 2 is 1.88 bits per heavy atom. The molecule has 0 radical (unpaired) electrons. The van der Waals surface area contributed by atoms with Crippen molar-refractivity contribution in [2.45, 2.75) is 32.8 Å². The van der Waals surface area contributed by atoms with Crippen molar-refractivity contribution in [2.24, 2.45) is 0 Å². The Kier molecular flexibility index (Phi) is 6.64. The first-order valence-electron chi connectivity index (χ1n) is 7.98. The molecule has 0 aliphatic carbocycles. The number of nitriles is 1. The number of esters is 1. The number of anilines is 1. The van der Waals surface area contributed by atoms with Gasteiger partial charge in [-0.3, -0.25) is 14.4 Å². The lowest BCUT2D eigenvalue weighted by Gasteiger charge is -2.12. The first kappa shape index (κ1) is 19.3. The molecular formula is C19H18N2O4S. The zero-order valence-corrected chi connectivity index (χ0v) is 15.3. The van der Waals surface area contributed by atoms with Crippen LogP contribution in [0.25, 0.3) is 0 Å². The Morgan fingerprint density at radius 1 is 1.19 bits per heavy atom. The molecule has 6 nitrogen and oxygen atoms in total. The number of aryl methyl sites for hydroxylation is 1. The maximum atomic E-state index is 12.0. The monoisotopic (exact) mass is 370 g/mol. The van der Waals surface area contributed by atoms with Gasteiger partial charge in [-0.05, 0) is 25.3 Å². The van der Waals surface area contributed by atoms with Crippen LogP contribution in [-0.2, 0) is 14.3 Å². The minimum absolute atomic E-state index is 0.0136. The average molecular weight is 370 g/mol. The minimum atomic E-state index is -1.02. The van der Waals surface area contributed by atoms with Crippen molar-refractivity contribution in [1.82, 2.24) is 0 Å². The molecule has 1 aromatic heterocycles. The molecule has 2 rings (SSSR count). The fourth-order valence-electron chi connectivity index (χ4n) is 2.12. The van der Waals surface area contributed by atoms with Crippen LogP contribution in [0.4, 0.5) is 5.00 Å². The van der Waals surface area contributed by atoms with E-state index in [1.807, 2.05) is 25.1 Å². The molecule has 0 spiro atoms. The summed E-state index contributed by atoms with van der Waals surface area (Å²) in [5, 5.41) is 13.6. The number of ether oxygens (including phenoxy) is 1. The maximum Gasteiger partial charge on any atom is 0.307 e. The highest BCUT2D eigenvalue weighted by Crippen LogP contribution is 2.22. The van der Waals surface area contributed by atoms with Crippen molar-refractivity contribution in [1.29, 1.82) is 5.26 Å². The molecule has 26 heavy (non-hydrogen) atoms. The van der Waals surface area contributed by atoms with Crippen LogP contribution in [-0.4, -0.2) is 23.8 Å². The minimum Gasteiger partial charge on any atom is -0.453 e. The number of thiophene rings is 1. The molecule has 0 unspecified atom stereocenters. The molecule has 0 bridgehead atoms. The van der Waals surface area contributed by atoms with Gasteiger partial charge in [-0.25, -0.2) is 0 Å². The fraction of sp³-hybridized carbons (Fsp3) is 0.263. The first-order chi connectivity index (χ1) is 12.4. The molecule has 1 N–H and O–H groups in total. The van der Waals surface area contributed by atoms with Crippen molar-refractivity contribution in [3.05, 3.63) is 52.4 Å². The van der Waals surface area contributed by atoms with Crippen LogP contribution in [0, 0.1) is 18.3 Å². The van der Waals surface area contributed by atoms with Crippen LogP contribution >= 0.6 is 11.3 Å². The molecule has 0 aliphatic rings. The normalized spacial score (nSPS) is 11.3. The summed E-state index contributed by atoms with van der Waals surface area (Å²) < 4.78 is 5.06. The lowest BCUT2D eigenvalue weighted by atomic mass is 10.1. The Bertz CT molecular complexity index is 849. The van der Waals surface area contributed by atoms with E-state index < -0.39 is 18.0 Å². The van der Waals surface area contributed by atoms with Crippen LogP contribution < -0.4 is 5.32 Å². The largest absolute Gasteiger partial charge is 0.453 e. The summed E-state index contributed by atoms with van der Waals surface area (Å²) in [4.78, 5) is 36.0. The molecule has 7 heteroatoms. The highest BCUT2D eigenvalue weighted by Gasteiger charge is 2.20. The van der Waals surface area contributed by atoms with E-state index in [0.717, 1.165) is 5.56 Å². The van der Waals surface area contributed by atoms with Gasteiger partial charge in [-0.1, -0.05) is 29.8 Å². The summed E-state index contributed by atoms with van der Waals surface area (Å²) in [5.74, 6) is -1.31. The second kappa shape index (κ2) is 8.92. The van der Waals surface area contributed by atoms with E-state index in [0.29, 0.717) is 16.1 Å². The third-order valence-corrected chi connectivity index (χ3v) is 4.46. The number of hydrogen-bond acceptors (Lipinski definition) is 6. The second-order valence-corrected chi connectivity index (χ2v) is 6.60. The molecule has 0 aliphatic heterocycles. The molecule has 0 saturated heterocycles. The van der Waals surface area contributed by atoms with Crippen molar-refractivity contribution >= 4 is 34.0 Å². The SMILES string of the molecule is Cc1ccc(C(=O)CCC(=O)O[C@@H](C)C(=O)Nc2sccc2C#N)cc1. The maximum absolute atomic E-state index is 12.0. The summed E-state index contributed by atoms with van der Waals surface area (Å²) in [6.45, 7) is 3.36. The number of rotatable bonds is 7. The molecular weight excluding hydrogens is 352 g/mol. The summed E-state index contributed by atoms with van der Waals surface area (Å²) in [6, 6.07) is 10.6. The lowest BCUT2D eigenvalue weighted by Crippen LogP contribution is -2.30. The Morgan fingerprint density at radius 3 is 2.54 bits per heavy atom. The van der Waals surface area contributed by atoms with Gasteiger partial charge in [0.15, 0.2) is 11.9 Å². The summed E-state index contributed by atoms with van der Waals surface area (Å²) in [6.07, 6.45) is -1.11. The highest BCUT2D eigenvalue weighted by molar-refractivity contribution is 7.14. The lowest BCUT2D eigenvalue weighted by molar-refractivity contribution is -0.153. The number of benzene rings is 1. The van der Waals surface area contributed by atoms with Gasteiger partial charge in [0.1, 0.15) is 11.1 Å². The van der Waals surface area contributed by atoms with E-state index >= 15 is 0 Å². The summed E-state index contributed by atoms with van der Waals surface area (Å²) in [5.41, 5.74) is 1.94. The van der Waals surface area contributed by atoms with E-state index in [1.54, 1.807) is 23.6 Å². The molecule has 1 atom stereocenters. The van der Waals surface area contributed by atoms with E-state index in [1.165, 1.54) is 18.3 Å². The van der Waals surface area contributed by atoms with Crippen LogP contribution in [0.3, 0.4) is 0 Å². The number of carbonyl (C=O) groups excluding carboxylic acids is 3. The van der Waals surface area contributed by atoms with Gasteiger partial charge in [0.25, 0.3) is 5.91 Å². The van der Waals surface area contributed by atoms with Gasteiger partial charge < -0.3 is 10.1 Å². The van der Waals surface area contributed by atoms with Gasteiger partial charge >= 0.3 is 5.97 Å². The molecule has 1 heterocycles. The van der Waals surface area contributed by atoms with E-state index in [2.05, 4.69) is 5.32 Å². The summed E-state index contributed by atoms with van der Waals surface area (Å²) >= 11 is 1.21. The van der Waals surface area contributed by atoms with E-state index in [4.69, 9.17) is 10.00 Å². The van der Waals surface area contributed by atoms with Crippen molar-refractivity contribution in [3.63, 3.8) is 0 Å². The third-order valence-electron chi connectivity index (χ3n) is 3.63. The van der Waals surface area contributed by atoms with Crippen molar-refractivity contribution in [3.8, 4) is 6.07 Å². The van der Waals surface area contributed by atoms with E-state index in [9.17, 15) is 14.4 Å². The molecule has 134 valence electrons. The number of hydrogen-bond donors (Lipinski definition) is 1. The second-order valence-electron chi connectivity index (χ2n) is 5.69. The highest BCUT2D eigenvalue weighted by atomic mass is 32.1. The first-order valence-corrected chi connectivity index (χ1v) is 8.86. The molecule has 0 fully saturated rings. The number of amides is 1. The standard InChI is InChI=1S/C19H18N2O4S/c1-12-3-5-14(6-4-12)16(22)7-8-17(23)25-13(2)18(24)21-19-15(11-20)9-10-26-19/h3-6,9-10,13H,7-8H2,1-2H3,(H,21,24)/t13-/m0/s1. The Labute approximate surface area is 155 Å². The Hall–Kier alpha value is -2.98. The van der Waals surface area contributed by atoms with Crippen LogP contribution in [0.15, 0.2) is 35.7 Å². The van der Waals surface area contributed by atoms with E-state index in [-0.39, 0.29) is 18.6 Å². The quantitative estimate of drug-likeness (QED) is 0.595. The van der Waals surface area contributed by atoms with Crippen LogP contribution in [0.5, 0.6) is 0 Å². The van der Waals surface area contributed by atoms with Gasteiger partial charge in [0.2, 0.25) is 0 Å². The molecule has 0 saturated carbocycles. The summed E-state index contributed by atoms with van der Waals surface area (Å²) in [7, 11) is 0. The average Bonchev–Trinajstić information content (AvgIpc) is 3.07. The molecule has 2 aromatic rings. The number of Topliss-reactive ketones (excluding diaryl/α,β-unsaturated/α-hetero) is 1. The van der Waals surface area contributed by atoms with Crippen LogP contribution in [0.2, 0.25) is 0 Å². The van der Waals surface area contributed by atoms with Crippen molar-refractivity contribution in [2.75, 3.05) is 5.32 Å². The Balaban J connectivity index is 1.81. The molecule has 1 amide bonds. The van der Waals surface area contributed by atoms with Gasteiger partial charge in [0, 0.05) is 12.0 Å². The molecule has 1 aromatic carbocycles. The fourth-order valence-corrected chi connectivity index (χ4v) is 2.86. The number of nitrogens with one attached hydrogen (secondary N) is 1. The number of nitrogens with zero attached hydrogens (tertiary/aromatic N) is 1. The topological polar surface area (TPSA) is 96.3 Å². The van der Waals surface area contributed by atoms with Gasteiger partial charge in [-0.2, -0.15) is 5.26 Å². The van der Waals surface area contributed by atoms with Crippen molar-refractivity contribution < 1.29 is 19.1 Å². The number of ketones is 1. The zero-order valence-electron chi connectivity index (χ0n) is 14.4. The van der Waals surface area contributed by atoms with Gasteiger partial charge in [0.05, 0.1) is 12.0 Å².